The molecule has 2 aromatic carbocycles. The molecular weight excluding hydrogens is 336 g/mol. The lowest BCUT2D eigenvalue weighted by atomic mass is 10.0. The zero-order valence-electron chi connectivity index (χ0n) is 14.6. The molecule has 2 aromatic rings. The Hall–Kier alpha value is -3.77. The maximum atomic E-state index is 9.51. The third-order valence-corrected chi connectivity index (χ3v) is 5.54. The van der Waals surface area contributed by atoms with Gasteiger partial charge in [0.15, 0.2) is 12.4 Å². The van der Waals surface area contributed by atoms with Gasteiger partial charge in [0.05, 0.1) is 23.1 Å². The minimum absolute atomic E-state index is 0.102. The van der Waals surface area contributed by atoms with Crippen LogP contribution >= 0.6 is 0 Å². The first-order valence-corrected chi connectivity index (χ1v) is 8.79. The van der Waals surface area contributed by atoms with Crippen molar-refractivity contribution in [1.82, 2.24) is 15.5 Å². The van der Waals surface area contributed by atoms with Gasteiger partial charge in [-0.25, -0.2) is 0 Å². The van der Waals surface area contributed by atoms with Crippen LogP contribution in [0.5, 0.6) is 0 Å². The smallest absolute Gasteiger partial charge is 0.180 e. The number of benzene rings is 2. The summed E-state index contributed by atoms with van der Waals surface area (Å²) < 4.78 is 0. The highest BCUT2D eigenvalue weighted by Gasteiger charge is 2.45. The molecule has 0 saturated carbocycles. The summed E-state index contributed by atoms with van der Waals surface area (Å²) >= 11 is 0. The van der Waals surface area contributed by atoms with E-state index in [0.29, 0.717) is 0 Å². The lowest BCUT2D eigenvalue weighted by Gasteiger charge is -2.29. The van der Waals surface area contributed by atoms with Crippen LogP contribution in [0.3, 0.4) is 0 Å². The average Bonchev–Trinajstić information content (AvgIpc) is 3.19. The monoisotopic (exact) mass is 352 g/mol. The number of hydrogen-bond acceptors (Lipinski definition) is 6. The van der Waals surface area contributed by atoms with Crippen LogP contribution in [0.15, 0.2) is 59.2 Å². The van der Waals surface area contributed by atoms with E-state index in [1.54, 1.807) is 11.9 Å². The van der Waals surface area contributed by atoms with E-state index in [1.807, 2.05) is 42.5 Å². The normalized spacial score (nSPS) is 23.7. The molecule has 27 heavy (non-hydrogen) atoms. The number of likely N-dealkylation sites (N-methyl/N-ethyl adjacent to an activating group) is 1. The molecule has 0 radical (unpaired) electrons. The van der Waals surface area contributed by atoms with Gasteiger partial charge in [-0.15, -0.1) is 0 Å². The third-order valence-electron chi connectivity index (χ3n) is 5.54. The van der Waals surface area contributed by atoms with E-state index >= 15 is 0 Å². The highest BCUT2D eigenvalue weighted by atomic mass is 15.2. The van der Waals surface area contributed by atoms with E-state index in [4.69, 9.17) is 4.99 Å². The van der Waals surface area contributed by atoms with Gasteiger partial charge < -0.3 is 15.5 Å². The molecule has 0 amide bonds. The number of nitrogens with one attached hydrogen (secondary N) is 2. The Morgan fingerprint density at radius 2 is 1.74 bits per heavy atom. The van der Waals surface area contributed by atoms with Gasteiger partial charge >= 0.3 is 0 Å². The maximum Gasteiger partial charge on any atom is 0.180 e. The molecule has 3 atom stereocenters. The van der Waals surface area contributed by atoms with Crippen molar-refractivity contribution < 1.29 is 0 Å². The molecule has 2 aliphatic carbocycles. The standard InChI is InChI=1S/C21H16N6/c1-27(11-23)21-15-9-5-4-8-14(15)18-20(21)26-17-13-7-3-2-6-12(13)16(24-10-22)19(17)25-18/h2-9,16-17,21,24,26H,1H3. The average molecular weight is 352 g/mol. The Morgan fingerprint density at radius 3 is 2.48 bits per heavy atom. The predicted octanol–water partition coefficient (Wildman–Crippen LogP) is 2.73. The molecule has 130 valence electrons. The van der Waals surface area contributed by atoms with Gasteiger partial charge in [-0.2, -0.15) is 10.5 Å². The molecule has 1 aliphatic heterocycles. The lowest BCUT2D eigenvalue weighted by Crippen LogP contribution is -2.36. The van der Waals surface area contributed by atoms with Gasteiger partial charge in [0.1, 0.15) is 12.1 Å². The molecule has 3 aliphatic rings. The summed E-state index contributed by atoms with van der Waals surface area (Å²) in [5.41, 5.74) is 6.99. The molecule has 0 saturated heterocycles. The summed E-state index contributed by atoms with van der Waals surface area (Å²) in [6.07, 6.45) is 4.32. The Bertz CT molecular complexity index is 1100. The van der Waals surface area contributed by atoms with Gasteiger partial charge in [0.25, 0.3) is 0 Å². The highest BCUT2D eigenvalue weighted by molar-refractivity contribution is 6.05. The molecule has 0 spiro atoms. The molecule has 6 nitrogen and oxygen atoms in total. The van der Waals surface area contributed by atoms with Crippen molar-refractivity contribution in [2.75, 3.05) is 7.05 Å². The van der Waals surface area contributed by atoms with Crippen LogP contribution in [0, 0.1) is 22.9 Å². The van der Waals surface area contributed by atoms with E-state index in [9.17, 15) is 10.5 Å². The summed E-state index contributed by atoms with van der Waals surface area (Å²) in [5.74, 6) is 0. The molecule has 2 N–H and O–H groups in total. The lowest BCUT2D eigenvalue weighted by molar-refractivity contribution is 0.380. The largest absolute Gasteiger partial charge is 0.373 e. The molecule has 0 bridgehead atoms. The van der Waals surface area contributed by atoms with Crippen LogP contribution in [0.25, 0.3) is 5.70 Å². The van der Waals surface area contributed by atoms with E-state index < -0.39 is 0 Å². The minimum Gasteiger partial charge on any atom is -0.373 e. The Labute approximate surface area is 157 Å². The van der Waals surface area contributed by atoms with Crippen LogP contribution in [-0.2, 0) is 0 Å². The van der Waals surface area contributed by atoms with Crippen molar-refractivity contribution in [1.29, 1.82) is 10.5 Å². The minimum atomic E-state index is -0.238. The number of rotatable bonds is 2. The van der Waals surface area contributed by atoms with Crippen LogP contribution < -0.4 is 10.6 Å². The molecule has 5 rings (SSSR count). The molecule has 1 heterocycles. The molecule has 3 unspecified atom stereocenters. The summed E-state index contributed by atoms with van der Waals surface area (Å²) in [4.78, 5) is 6.67. The molecule has 6 heteroatoms. The fraction of sp³-hybridized carbons (Fsp3) is 0.190. The first-order valence-electron chi connectivity index (χ1n) is 8.79. The van der Waals surface area contributed by atoms with Gasteiger partial charge in [-0.3, -0.25) is 4.99 Å². The predicted molar refractivity (Wildman–Crippen MR) is 101 cm³/mol. The van der Waals surface area contributed by atoms with Crippen molar-refractivity contribution >= 4 is 11.4 Å². The second kappa shape index (κ2) is 5.62. The van der Waals surface area contributed by atoms with Gasteiger partial charge in [0.2, 0.25) is 0 Å². The SMILES string of the molecule is CN(C#N)C1C2=C(N=C3C(NC#N)c4ccccc4C3N2)c2ccccc21. The quantitative estimate of drug-likeness (QED) is 0.641. The first kappa shape index (κ1) is 15.5. The first-order chi connectivity index (χ1) is 13.2. The van der Waals surface area contributed by atoms with Gasteiger partial charge in [0, 0.05) is 12.6 Å². The van der Waals surface area contributed by atoms with Crippen molar-refractivity contribution in [3.63, 3.8) is 0 Å². The van der Waals surface area contributed by atoms with Crippen molar-refractivity contribution in [3.05, 3.63) is 76.5 Å². The number of hydrogen-bond donors (Lipinski definition) is 2. The van der Waals surface area contributed by atoms with Crippen LogP contribution in [0.2, 0.25) is 0 Å². The van der Waals surface area contributed by atoms with E-state index in [0.717, 1.165) is 39.4 Å². The van der Waals surface area contributed by atoms with E-state index in [2.05, 4.69) is 29.1 Å². The molecular formula is C21H16N6. The highest BCUT2D eigenvalue weighted by Crippen LogP contribution is 2.49. The Balaban J connectivity index is 1.70. The number of nitrogens with zero attached hydrogens (tertiary/aromatic N) is 4. The van der Waals surface area contributed by atoms with Crippen LogP contribution in [-0.4, -0.2) is 17.7 Å². The molecule has 0 fully saturated rings. The van der Waals surface area contributed by atoms with Crippen molar-refractivity contribution in [2.24, 2.45) is 4.99 Å². The molecule has 0 aromatic heterocycles. The number of nitriles is 2. The summed E-state index contributed by atoms with van der Waals surface area (Å²) in [7, 11) is 1.79. The van der Waals surface area contributed by atoms with Gasteiger partial charge in [-0.1, -0.05) is 48.5 Å². The van der Waals surface area contributed by atoms with Crippen LogP contribution in [0.1, 0.15) is 40.4 Å². The second-order valence-corrected chi connectivity index (χ2v) is 6.90. The Kier molecular flexibility index (Phi) is 3.22. The third kappa shape index (κ3) is 2.01. The fourth-order valence-electron chi connectivity index (χ4n) is 4.41. The fourth-order valence-corrected chi connectivity index (χ4v) is 4.41. The second-order valence-electron chi connectivity index (χ2n) is 6.90. The van der Waals surface area contributed by atoms with E-state index in [1.165, 1.54) is 0 Å². The zero-order valence-corrected chi connectivity index (χ0v) is 14.6. The summed E-state index contributed by atoms with van der Waals surface area (Å²) in [5, 5.41) is 25.3. The van der Waals surface area contributed by atoms with Crippen LogP contribution in [0.4, 0.5) is 0 Å². The maximum absolute atomic E-state index is 9.51. The topological polar surface area (TPSA) is 87.2 Å². The Morgan fingerprint density at radius 1 is 1.04 bits per heavy atom. The summed E-state index contributed by atoms with van der Waals surface area (Å²) in [6.45, 7) is 0. The number of aliphatic imine (C=N–C) groups is 1. The number of fused-ring (bicyclic) bond motifs is 5. The van der Waals surface area contributed by atoms with Crippen molar-refractivity contribution in [2.45, 2.75) is 18.1 Å². The van der Waals surface area contributed by atoms with E-state index in [-0.39, 0.29) is 18.1 Å². The zero-order chi connectivity index (χ0) is 18.5. The van der Waals surface area contributed by atoms with Gasteiger partial charge in [-0.05, 0) is 16.7 Å². The van der Waals surface area contributed by atoms with Crippen molar-refractivity contribution in [3.8, 4) is 12.4 Å². The summed E-state index contributed by atoms with van der Waals surface area (Å²) in [6, 6.07) is 15.6.